The Morgan fingerprint density at radius 2 is 1.90 bits per heavy atom. The first-order valence-electron chi connectivity index (χ1n) is 13.6. The number of aryl methyl sites for hydroxylation is 2. The van der Waals surface area contributed by atoms with Crippen LogP contribution in [-0.2, 0) is 24.0 Å². The largest absolute Gasteiger partial charge is 0.616 e. The molecule has 0 radical (unpaired) electrons. The lowest BCUT2D eigenvalue weighted by atomic mass is 9.95. The van der Waals surface area contributed by atoms with E-state index in [1.807, 2.05) is 19.1 Å². The van der Waals surface area contributed by atoms with Crippen LogP contribution in [0.1, 0.15) is 54.9 Å². The highest BCUT2D eigenvalue weighted by molar-refractivity contribution is 7.91. The van der Waals surface area contributed by atoms with Crippen molar-refractivity contribution in [3.05, 3.63) is 91.8 Å². The van der Waals surface area contributed by atoms with Crippen LogP contribution in [0.4, 0.5) is 4.39 Å². The summed E-state index contributed by atoms with van der Waals surface area (Å²) in [6.07, 6.45) is 2.67. The van der Waals surface area contributed by atoms with E-state index in [0.717, 1.165) is 12.1 Å². The number of halogens is 1. The molecule has 2 aromatic carbocycles. The van der Waals surface area contributed by atoms with E-state index in [2.05, 4.69) is 24.7 Å². The van der Waals surface area contributed by atoms with E-state index in [-0.39, 0.29) is 23.8 Å². The fourth-order valence-electron chi connectivity index (χ4n) is 5.60. The van der Waals surface area contributed by atoms with Crippen LogP contribution >= 0.6 is 0 Å². The number of nitrogens with zero attached hydrogens (tertiary/aromatic N) is 5. The number of benzene rings is 2. The third kappa shape index (κ3) is 5.13. The summed E-state index contributed by atoms with van der Waals surface area (Å²) in [5, 5.41) is 8.39. The van der Waals surface area contributed by atoms with Gasteiger partial charge in [0.2, 0.25) is 5.78 Å². The van der Waals surface area contributed by atoms with Crippen molar-refractivity contribution >= 4 is 17.0 Å². The third-order valence-corrected chi connectivity index (χ3v) is 8.94. The van der Waals surface area contributed by atoms with Crippen LogP contribution < -0.4 is 11.3 Å². The van der Waals surface area contributed by atoms with Crippen LogP contribution in [-0.4, -0.2) is 45.4 Å². The Morgan fingerprint density at radius 1 is 1.15 bits per heavy atom. The predicted octanol–water partition coefficient (Wildman–Crippen LogP) is 3.98. The standard InChI is InChI=1S/C29H29FN6O4S/c1-3-6-25-23(27(37)35(20-11-13-41(39)14-12-20)28-31-17(2)33-36(25)28)15-19-10-9-18(16-24(19)30)21-7-4-5-8-22(21)26-32-29(38)40-34-26/h4-5,7-10,16,20H,3,6,11-15H2,1-2H3,(H,32,34,38). The van der Waals surface area contributed by atoms with Crippen molar-refractivity contribution in [2.45, 2.75) is 52.0 Å². The van der Waals surface area contributed by atoms with Gasteiger partial charge in [-0.2, -0.15) is 10.1 Å². The van der Waals surface area contributed by atoms with Crippen LogP contribution in [0, 0.1) is 12.7 Å². The number of H-pyrrole nitrogens is 1. The summed E-state index contributed by atoms with van der Waals surface area (Å²) >= 11 is -0.883. The highest BCUT2D eigenvalue weighted by Crippen LogP contribution is 2.32. The summed E-state index contributed by atoms with van der Waals surface area (Å²) in [4.78, 5) is 32.8. The lowest BCUT2D eigenvalue weighted by molar-refractivity contribution is 0.388. The van der Waals surface area contributed by atoms with Crippen molar-refractivity contribution in [2.75, 3.05) is 11.5 Å². The van der Waals surface area contributed by atoms with E-state index in [1.165, 1.54) is 6.07 Å². The summed E-state index contributed by atoms with van der Waals surface area (Å²) in [5.74, 6) is 1.21. The molecule has 0 unspecified atom stereocenters. The number of nitrogens with one attached hydrogen (secondary N) is 1. The molecule has 4 heterocycles. The minimum atomic E-state index is -0.883. The quantitative estimate of drug-likeness (QED) is 0.290. The van der Waals surface area contributed by atoms with Gasteiger partial charge < -0.3 is 4.55 Å². The maximum Gasteiger partial charge on any atom is 0.439 e. The van der Waals surface area contributed by atoms with E-state index < -0.39 is 22.7 Å². The molecule has 6 rings (SSSR count). The maximum atomic E-state index is 15.8. The average Bonchev–Trinajstić information content (AvgIpc) is 3.57. The van der Waals surface area contributed by atoms with Gasteiger partial charge in [-0.25, -0.2) is 13.7 Å². The van der Waals surface area contributed by atoms with Gasteiger partial charge in [0.25, 0.3) is 5.56 Å². The van der Waals surface area contributed by atoms with Gasteiger partial charge in [0.05, 0.1) is 5.69 Å². The molecule has 0 spiro atoms. The van der Waals surface area contributed by atoms with E-state index in [9.17, 15) is 14.1 Å². The molecule has 1 saturated heterocycles. The molecule has 0 saturated carbocycles. The first kappa shape index (κ1) is 27.2. The smallest absolute Gasteiger partial charge is 0.439 e. The second-order valence-electron chi connectivity index (χ2n) is 10.3. The average molecular weight is 577 g/mol. The minimum Gasteiger partial charge on any atom is -0.616 e. The van der Waals surface area contributed by atoms with Gasteiger partial charge in [-0.3, -0.25) is 18.9 Å². The topological polar surface area (TPSA) is 134 Å². The molecule has 10 nitrogen and oxygen atoms in total. The summed E-state index contributed by atoms with van der Waals surface area (Å²) in [7, 11) is 0. The van der Waals surface area contributed by atoms with E-state index in [4.69, 9.17) is 0 Å². The third-order valence-electron chi connectivity index (χ3n) is 7.56. The zero-order chi connectivity index (χ0) is 28.7. The van der Waals surface area contributed by atoms with E-state index in [1.54, 1.807) is 40.3 Å². The zero-order valence-corrected chi connectivity index (χ0v) is 23.5. The molecule has 0 bridgehead atoms. The minimum absolute atomic E-state index is 0.0893. The number of fused-ring (bicyclic) bond motifs is 1. The van der Waals surface area contributed by atoms with Gasteiger partial charge in [-0.05, 0) is 36.1 Å². The summed E-state index contributed by atoms with van der Waals surface area (Å²) in [5.41, 5.74) is 3.26. The van der Waals surface area contributed by atoms with Crippen molar-refractivity contribution in [1.29, 1.82) is 0 Å². The van der Waals surface area contributed by atoms with Crippen molar-refractivity contribution < 1.29 is 13.5 Å². The van der Waals surface area contributed by atoms with Gasteiger partial charge in [0.1, 0.15) is 23.1 Å². The number of aromatic amines is 1. The van der Waals surface area contributed by atoms with Gasteiger partial charge in [-0.1, -0.05) is 66.1 Å². The SMILES string of the molecule is CCCc1c(Cc2ccc(-c3ccccc3-c3noc(=O)[nH]3)cc2F)c(=O)n(C2CC[S+]([O-])CC2)c2nc(C)nn12. The van der Waals surface area contributed by atoms with Gasteiger partial charge in [0, 0.05) is 36.4 Å². The number of rotatable bonds is 7. The molecule has 1 aliphatic heterocycles. The summed E-state index contributed by atoms with van der Waals surface area (Å²) in [6.45, 7) is 3.81. The van der Waals surface area contributed by atoms with E-state index >= 15 is 4.39 Å². The summed E-state index contributed by atoms with van der Waals surface area (Å²) < 4.78 is 35.9. The molecule has 1 N–H and O–H groups in total. The van der Waals surface area contributed by atoms with Crippen LogP contribution in [0.25, 0.3) is 28.3 Å². The Labute approximate surface area is 237 Å². The Hall–Kier alpha value is -4.03. The molecule has 41 heavy (non-hydrogen) atoms. The first-order chi connectivity index (χ1) is 19.8. The van der Waals surface area contributed by atoms with Crippen molar-refractivity contribution in [3.63, 3.8) is 0 Å². The van der Waals surface area contributed by atoms with Gasteiger partial charge in [0.15, 0.2) is 5.82 Å². The molecule has 0 amide bonds. The molecular weight excluding hydrogens is 547 g/mol. The number of hydrogen-bond acceptors (Lipinski definition) is 7. The second-order valence-corrected chi connectivity index (χ2v) is 12.0. The molecule has 5 aromatic rings. The molecule has 12 heteroatoms. The Morgan fingerprint density at radius 3 is 2.59 bits per heavy atom. The first-order valence-corrected chi connectivity index (χ1v) is 15.1. The highest BCUT2D eigenvalue weighted by atomic mass is 32.2. The summed E-state index contributed by atoms with van der Waals surface area (Å²) in [6, 6.07) is 12.0. The van der Waals surface area contributed by atoms with Crippen molar-refractivity contribution in [3.8, 4) is 22.5 Å². The van der Waals surface area contributed by atoms with Crippen molar-refractivity contribution in [1.82, 2.24) is 29.3 Å². The Kier molecular flexibility index (Phi) is 7.35. The molecule has 3 aromatic heterocycles. The van der Waals surface area contributed by atoms with Crippen molar-refractivity contribution in [2.24, 2.45) is 0 Å². The predicted molar refractivity (Wildman–Crippen MR) is 153 cm³/mol. The fraction of sp³-hybridized carbons (Fsp3) is 0.345. The second kappa shape index (κ2) is 11.1. The monoisotopic (exact) mass is 576 g/mol. The van der Waals surface area contributed by atoms with Crippen LogP contribution in [0.3, 0.4) is 0 Å². The van der Waals surface area contributed by atoms with Crippen LogP contribution in [0.5, 0.6) is 0 Å². The lowest BCUT2D eigenvalue weighted by Crippen LogP contribution is -2.36. The maximum absolute atomic E-state index is 15.8. The molecular formula is C29H29FN6O4S. The zero-order valence-electron chi connectivity index (χ0n) is 22.7. The highest BCUT2D eigenvalue weighted by Gasteiger charge is 2.29. The number of hydrogen-bond donors (Lipinski definition) is 1. The molecule has 1 fully saturated rings. The molecule has 0 atom stereocenters. The number of aromatic nitrogens is 6. The molecule has 212 valence electrons. The van der Waals surface area contributed by atoms with Gasteiger partial charge in [-0.15, -0.1) is 0 Å². The lowest BCUT2D eigenvalue weighted by Gasteiger charge is -2.27. The normalized spacial score (nSPS) is 17.4. The fourth-order valence-corrected chi connectivity index (χ4v) is 6.88. The molecule has 0 aliphatic carbocycles. The van der Waals surface area contributed by atoms with E-state index in [0.29, 0.717) is 70.2 Å². The van der Waals surface area contributed by atoms with Gasteiger partial charge >= 0.3 is 5.76 Å². The van der Waals surface area contributed by atoms with Crippen LogP contribution in [0.15, 0.2) is 56.6 Å². The van der Waals surface area contributed by atoms with Crippen LogP contribution in [0.2, 0.25) is 0 Å². The Bertz CT molecular complexity index is 1850. The molecule has 1 aliphatic rings. The Balaban J connectivity index is 1.43.